The van der Waals surface area contributed by atoms with Gasteiger partial charge in [-0.05, 0) is 17.5 Å². The molecule has 0 aromatic rings. The van der Waals surface area contributed by atoms with Crippen molar-refractivity contribution in [1.82, 2.24) is 0 Å². The minimum Gasteiger partial charge on any atom is -0.163 e. The molecule has 0 spiro atoms. The third kappa shape index (κ3) is 14.6. The van der Waals surface area contributed by atoms with Crippen LogP contribution in [0.1, 0.15) is 0 Å². The molecule has 0 heterocycles. The van der Waals surface area contributed by atoms with Gasteiger partial charge in [0.15, 0.2) is 0 Å². The Bertz CT molecular complexity index is 113. The average molecular weight is 487 g/mol. The molecule has 75 valence electrons. The Kier molecular flexibility index (Phi) is 8.47. The van der Waals surface area contributed by atoms with Crippen LogP contribution in [-0.4, -0.2) is 28.4 Å². The number of thioether (sulfide) groups is 1. The average Bonchev–Trinajstić information content (AvgIpc) is 1.83. The van der Waals surface area contributed by atoms with Crippen molar-refractivity contribution in [2.24, 2.45) is 0 Å². The molecule has 0 N–H and O–H groups in total. The predicted molar refractivity (Wildman–Crippen MR) is 67.8 cm³/mol. The van der Waals surface area contributed by atoms with E-state index in [1.54, 1.807) is 0 Å². The third-order valence-corrected chi connectivity index (χ3v) is 6.45. The van der Waals surface area contributed by atoms with Crippen LogP contribution in [0.3, 0.4) is 0 Å². The fraction of sp³-hybridized carbons (Fsp3) is 1.00. The van der Waals surface area contributed by atoms with Crippen molar-refractivity contribution in [3.63, 3.8) is 0 Å². The number of hydrogen-bond acceptors (Lipinski definition) is 1. The second-order valence-electron chi connectivity index (χ2n) is 4.88. The maximum absolute atomic E-state index is 2.46. The van der Waals surface area contributed by atoms with Gasteiger partial charge in [-0.15, -0.1) is 0 Å². The molecular weight excluding hydrogens is 463 g/mol. The molecule has 0 saturated carbocycles. The van der Waals surface area contributed by atoms with Crippen molar-refractivity contribution in [1.29, 1.82) is 0 Å². The minimum absolute atomic E-state index is 0. The van der Waals surface area contributed by atoms with Crippen molar-refractivity contribution >= 4 is 28.6 Å². The molecule has 0 aliphatic heterocycles. The van der Waals surface area contributed by atoms with Crippen molar-refractivity contribution < 1.29 is 0 Å². The van der Waals surface area contributed by atoms with Crippen LogP contribution in [0, 0.1) is 0 Å². The van der Waals surface area contributed by atoms with Gasteiger partial charge < -0.3 is 0 Å². The van der Waals surface area contributed by atoms with Gasteiger partial charge in [0.05, 0.1) is 0 Å². The zero-order valence-electron chi connectivity index (χ0n) is 9.94. The minimum atomic E-state index is -0.747. The van der Waals surface area contributed by atoms with Gasteiger partial charge in [0.1, 0.15) is 0 Å². The van der Waals surface area contributed by atoms with E-state index in [0.717, 1.165) is 0 Å². The monoisotopic (exact) mass is 486 g/mol. The van der Waals surface area contributed by atoms with E-state index < -0.39 is 8.07 Å². The van der Waals surface area contributed by atoms with Crippen LogP contribution in [0.2, 0.25) is 44.8 Å². The van der Waals surface area contributed by atoms with Gasteiger partial charge in [-0.2, -0.15) is 11.8 Å². The van der Waals surface area contributed by atoms with Gasteiger partial charge >= 0.3 is 0 Å². The summed E-state index contributed by atoms with van der Waals surface area (Å²) in [7, 11) is -0.707. The van der Waals surface area contributed by atoms with E-state index in [9.17, 15) is 0 Å². The molecule has 0 nitrogen and oxygen atoms in total. The number of rotatable bonds is 6. The zero-order chi connectivity index (χ0) is 9.61. The first-order chi connectivity index (χ1) is 5.42. The summed E-state index contributed by atoms with van der Waals surface area (Å²) < 4.78 is 0. The topological polar surface area (TPSA) is 0 Å². The molecule has 0 amide bonds. The van der Waals surface area contributed by atoms with Crippen LogP contribution >= 0.6 is 11.8 Å². The summed E-state index contributed by atoms with van der Waals surface area (Å²) in [5, 5.41) is 0. The Morgan fingerprint density at radius 2 is 1.62 bits per heavy atom. The Hall–Kier alpha value is -0.216. The van der Waals surface area contributed by atoms with Gasteiger partial charge in [-0.25, -0.2) is 0 Å². The summed E-state index contributed by atoms with van der Waals surface area (Å²) in [6.45, 7) is 12.2. The smallest absolute Gasteiger partial charge is 0.0450 e. The molecule has 0 unspecified atom stereocenters. The molecule has 0 aliphatic carbocycles. The molecule has 0 rings (SSSR count). The maximum Gasteiger partial charge on any atom is 0.0450 e. The SMILES string of the molecule is C[Si](C)CCSCC[Si](C)(C)C.[Rf]. The molecular formula is C9H23RfSSi2. The van der Waals surface area contributed by atoms with Crippen LogP contribution in [-0.2, 0) is 0 Å². The Morgan fingerprint density at radius 1 is 1.08 bits per heavy atom. The van der Waals surface area contributed by atoms with Gasteiger partial charge in [0, 0.05) is 16.9 Å². The van der Waals surface area contributed by atoms with Crippen LogP contribution in [0.25, 0.3) is 0 Å². The van der Waals surface area contributed by atoms with Crippen molar-refractivity contribution in [2.45, 2.75) is 44.8 Å². The fourth-order valence-electron chi connectivity index (χ4n) is 0.757. The van der Waals surface area contributed by atoms with Gasteiger partial charge in [0.25, 0.3) is 0 Å². The van der Waals surface area contributed by atoms with E-state index in [0.29, 0.717) is 0 Å². The Morgan fingerprint density at radius 3 is 2.00 bits per heavy atom. The molecule has 0 saturated heterocycles. The third-order valence-electron chi connectivity index (χ3n) is 1.74. The van der Waals surface area contributed by atoms with E-state index in [2.05, 4.69) is 44.5 Å². The first kappa shape index (κ1) is 15.3. The molecule has 0 atom stereocenters. The largest absolute Gasteiger partial charge is 0.163 e. The van der Waals surface area contributed by atoms with Crippen molar-refractivity contribution in [2.75, 3.05) is 11.5 Å². The van der Waals surface area contributed by atoms with E-state index in [1.165, 1.54) is 23.6 Å². The Labute approximate surface area is 85.1 Å². The predicted octanol–water partition coefficient (Wildman–Crippen LogP) is 3.81. The molecule has 1 radical (unpaired) electrons. The van der Waals surface area contributed by atoms with Crippen molar-refractivity contribution in [3.05, 3.63) is 0 Å². The molecule has 4 heteroatoms. The summed E-state index contributed by atoms with van der Waals surface area (Å²) in [5.41, 5.74) is 0. The second kappa shape index (κ2) is 7.21. The van der Waals surface area contributed by atoms with Crippen LogP contribution < -0.4 is 0 Å². The van der Waals surface area contributed by atoms with E-state index >= 15 is 0 Å². The van der Waals surface area contributed by atoms with E-state index in [-0.39, 0.29) is 8.80 Å². The summed E-state index contributed by atoms with van der Waals surface area (Å²) in [6.07, 6.45) is 0. The Balaban J connectivity index is 0. The second-order valence-corrected chi connectivity index (χ2v) is 14.6. The van der Waals surface area contributed by atoms with E-state index in [1.807, 2.05) is 0 Å². The maximum atomic E-state index is 2.46. The fourth-order valence-corrected chi connectivity index (χ4v) is 6.20. The molecule has 0 aromatic heterocycles. The van der Waals surface area contributed by atoms with Crippen molar-refractivity contribution in [3.8, 4) is 0 Å². The van der Waals surface area contributed by atoms with Gasteiger partial charge in [0.2, 0.25) is 0 Å². The van der Waals surface area contributed by atoms with Gasteiger partial charge in [-0.3, -0.25) is 0 Å². The normalized spacial score (nSPS) is 11.5. The van der Waals surface area contributed by atoms with Crippen LogP contribution in [0.15, 0.2) is 0 Å². The van der Waals surface area contributed by atoms with Crippen LogP contribution in [0.5, 0.6) is 0 Å². The van der Waals surface area contributed by atoms with Gasteiger partial charge in [-0.1, -0.05) is 38.8 Å². The summed E-state index contributed by atoms with van der Waals surface area (Å²) >= 11 is 2.17. The zero-order valence-corrected chi connectivity index (χ0v) is 19.2. The summed E-state index contributed by atoms with van der Waals surface area (Å²) in [6, 6.07) is 2.98. The first-order valence-electron chi connectivity index (χ1n) is 4.78. The summed E-state index contributed by atoms with van der Waals surface area (Å²) in [4.78, 5) is 0. The molecule has 13 heavy (non-hydrogen) atoms. The molecule has 0 aromatic carbocycles. The number of hydrogen-bond donors (Lipinski definition) is 0. The quantitative estimate of drug-likeness (QED) is 0.407. The van der Waals surface area contributed by atoms with E-state index in [4.69, 9.17) is 0 Å². The molecule has 0 aliphatic rings. The molecule has 0 fully saturated rings. The summed E-state index contributed by atoms with van der Waals surface area (Å²) in [5.74, 6) is 2.82. The first-order valence-corrected chi connectivity index (χ1v) is 12.4. The van der Waals surface area contributed by atoms with Crippen LogP contribution in [0.4, 0.5) is 0 Å². The standard InChI is InChI=1S/C9H23SSi2.Rf/c1-11(2)8-6-10-7-9-12(3,4)5;/h6-9H2,1-5H3;. The molecule has 0 bridgehead atoms.